The van der Waals surface area contributed by atoms with Gasteiger partial charge in [-0.3, -0.25) is 4.90 Å². The topological polar surface area (TPSA) is 133 Å². The summed E-state index contributed by atoms with van der Waals surface area (Å²) >= 11 is 0. The van der Waals surface area contributed by atoms with Crippen molar-refractivity contribution in [2.75, 3.05) is 26.2 Å². The molecule has 2 amide bonds. The van der Waals surface area contributed by atoms with E-state index >= 15 is 0 Å². The van der Waals surface area contributed by atoms with Gasteiger partial charge in [0, 0.05) is 7.05 Å². The predicted molar refractivity (Wildman–Crippen MR) is 90.1 cm³/mol. The first-order chi connectivity index (χ1) is 13.2. The van der Waals surface area contributed by atoms with Crippen molar-refractivity contribution in [2.45, 2.75) is 11.5 Å². The summed E-state index contributed by atoms with van der Waals surface area (Å²) in [5.74, 6) is -0.905. The molecule has 2 aromatic rings. The lowest BCUT2D eigenvalue weighted by atomic mass is 10.3. The molecule has 0 bridgehead atoms. The summed E-state index contributed by atoms with van der Waals surface area (Å²) in [5, 5.41) is 0. The van der Waals surface area contributed by atoms with Crippen molar-refractivity contribution in [3.8, 4) is 17.8 Å². The predicted octanol–water partition coefficient (Wildman–Crippen LogP) is 1.02. The van der Waals surface area contributed by atoms with E-state index in [2.05, 4.69) is 19.7 Å². The van der Waals surface area contributed by atoms with Crippen LogP contribution in [0, 0.1) is 0 Å². The number of halogens is 2. The largest absolute Gasteiger partial charge is 0.467 e. The average molecular weight is 419 g/mol. The molecule has 0 saturated heterocycles. The Hall–Kier alpha value is -3.29. The number of alkyl halides is 2. The number of nitrogens with one attached hydrogen (secondary N) is 1. The van der Waals surface area contributed by atoms with E-state index in [0.717, 1.165) is 17.0 Å². The molecule has 0 aliphatic rings. The minimum Gasteiger partial charge on any atom is -0.467 e. The maximum Gasteiger partial charge on any atom is 0.387 e. The van der Waals surface area contributed by atoms with Gasteiger partial charge in [0.15, 0.2) is 0 Å². The molecular formula is C14H15F2N5O6S. The zero-order valence-corrected chi connectivity index (χ0v) is 15.6. The van der Waals surface area contributed by atoms with Crippen molar-refractivity contribution < 1.29 is 36.2 Å². The first-order valence-corrected chi connectivity index (χ1v) is 8.84. The van der Waals surface area contributed by atoms with Gasteiger partial charge in [0.25, 0.3) is 10.0 Å². The van der Waals surface area contributed by atoms with E-state index < -0.39 is 33.3 Å². The molecule has 0 saturated carbocycles. The van der Waals surface area contributed by atoms with Crippen LogP contribution in [0.3, 0.4) is 0 Å². The highest BCUT2D eigenvalue weighted by molar-refractivity contribution is 7.90. The smallest absolute Gasteiger partial charge is 0.387 e. The Morgan fingerprint density at radius 1 is 1.11 bits per heavy atom. The Morgan fingerprint density at radius 3 is 2.21 bits per heavy atom. The molecule has 0 aliphatic carbocycles. The van der Waals surface area contributed by atoms with Gasteiger partial charge in [-0.2, -0.15) is 18.7 Å². The van der Waals surface area contributed by atoms with Crippen LogP contribution in [-0.2, 0) is 10.0 Å². The number of rotatable bonds is 7. The van der Waals surface area contributed by atoms with Gasteiger partial charge in [-0.25, -0.2) is 17.9 Å². The number of benzene rings is 1. The number of nitrogens with zero attached hydrogens (tertiary/aromatic N) is 4. The summed E-state index contributed by atoms with van der Waals surface area (Å²) in [6.07, 6.45) is 0. The summed E-state index contributed by atoms with van der Waals surface area (Å²) < 4.78 is 65.4. The van der Waals surface area contributed by atoms with Gasteiger partial charge in [0.2, 0.25) is 5.95 Å². The van der Waals surface area contributed by atoms with Gasteiger partial charge in [0.05, 0.1) is 14.2 Å². The van der Waals surface area contributed by atoms with E-state index in [1.54, 1.807) is 4.72 Å². The van der Waals surface area contributed by atoms with Crippen molar-refractivity contribution in [3.05, 3.63) is 24.3 Å². The van der Waals surface area contributed by atoms with E-state index in [1.165, 1.54) is 33.4 Å². The minimum absolute atomic E-state index is 0.181. The van der Waals surface area contributed by atoms with E-state index in [4.69, 9.17) is 9.47 Å². The lowest BCUT2D eigenvalue weighted by Gasteiger charge is -2.17. The fourth-order valence-corrected chi connectivity index (χ4v) is 2.97. The van der Waals surface area contributed by atoms with Crippen LogP contribution in [0.2, 0.25) is 0 Å². The van der Waals surface area contributed by atoms with E-state index in [9.17, 15) is 22.0 Å². The molecule has 0 unspecified atom stereocenters. The molecule has 1 aromatic carbocycles. The normalized spacial score (nSPS) is 11.1. The summed E-state index contributed by atoms with van der Waals surface area (Å²) in [7, 11) is -0.852. The van der Waals surface area contributed by atoms with Crippen molar-refractivity contribution in [2.24, 2.45) is 0 Å². The van der Waals surface area contributed by atoms with Crippen LogP contribution in [0.15, 0.2) is 29.2 Å². The molecule has 1 heterocycles. The fourth-order valence-electron chi connectivity index (χ4n) is 1.86. The van der Waals surface area contributed by atoms with Crippen molar-refractivity contribution in [1.82, 2.24) is 19.7 Å². The number of sulfonamides is 1. The number of urea groups is 1. The molecule has 0 fully saturated rings. The third-order valence-corrected chi connectivity index (χ3v) is 4.49. The third kappa shape index (κ3) is 4.91. The first-order valence-electron chi connectivity index (χ1n) is 7.36. The second-order valence-electron chi connectivity index (χ2n) is 4.90. The summed E-state index contributed by atoms with van der Waals surface area (Å²) in [6.45, 7) is -3.25. The van der Waals surface area contributed by atoms with E-state index in [-0.39, 0.29) is 18.0 Å². The molecule has 0 radical (unpaired) electrons. The highest BCUT2D eigenvalue weighted by Gasteiger charge is 2.26. The van der Waals surface area contributed by atoms with Crippen molar-refractivity contribution >= 4 is 22.0 Å². The molecule has 2 rings (SSSR count). The fraction of sp³-hybridized carbons (Fsp3) is 0.286. The lowest BCUT2D eigenvalue weighted by Crippen LogP contribution is -2.41. The summed E-state index contributed by atoms with van der Waals surface area (Å²) in [6, 6.07) is 3.07. The number of anilines is 1. The molecule has 1 aromatic heterocycles. The van der Waals surface area contributed by atoms with Gasteiger partial charge < -0.3 is 14.2 Å². The highest BCUT2D eigenvalue weighted by atomic mass is 32.2. The third-order valence-electron chi connectivity index (χ3n) is 3.13. The maximum atomic E-state index is 12.5. The number of carbonyl (C=O) groups is 1. The zero-order valence-electron chi connectivity index (χ0n) is 14.8. The number of methoxy groups -OCH3 is 2. The Morgan fingerprint density at radius 2 is 1.68 bits per heavy atom. The number of ether oxygens (including phenoxy) is 3. The van der Waals surface area contributed by atoms with Gasteiger partial charge in [0.1, 0.15) is 10.6 Å². The highest BCUT2D eigenvalue weighted by Crippen LogP contribution is 2.25. The monoisotopic (exact) mass is 419 g/mol. The van der Waals surface area contributed by atoms with Crippen LogP contribution in [0.1, 0.15) is 0 Å². The van der Waals surface area contributed by atoms with Crippen LogP contribution in [0.4, 0.5) is 19.5 Å². The SMILES string of the molecule is COc1nc(OC)nc(N(C)C(=O)NS(=O)(=O)c2ccccc2OC(F)F)n1. The molecule has 28 heavy (non-hydrogen) atoms. The molecule has 1 N–H and O–H groups in total. The average Bonchev–Trinajstić information content (AvgIpc) is 2.66. The molecule has 0 atom stereocenters. The van der Waals surface area contributed by atoms with E-state index in [0.29, 0.717) is 0 Å². The quantitative estimate of drug-likeness (QED) is 0.698. The van der Waals surface area contributed by atoms with Crippen LogP contribution in [-0.4, -0.2) is 57.3 Å². The molecule has 11 nitrogen and oxygen atoms in total. The molecular weight excluding hydrogens is 404 g/mol. The molecule has 0 spiro atoms. The standard InChI is InChI=1S/C14H15F2N5O6S/c1-21(11-17-12(25-2)19-13(18-11)26-3)14(22)20-28(23,24)9-7-5-4-6-8(9)27-10(15)16/h4-7,10H,1-3H3,(H,20,22). The number of amides is 2. The Balaban J connectivity index is 2.29. The summed E-state index contributed by atoms with van der Waals surface area (Å²) in [4.78, 5) is 23.8. The molecule has 152 valence electrons. The van der Waals surface area contributed by atoms with E-state index in [1.807, 2.05) is 0 Å². The maximum absolute atomic E-state index is 12.5. The van der Waals surface area contributed by atoms with Crippen molar-refractivity contribution in [3.63, 3.8) is 0 Å². The minimum atomic E-state index is -4.55. The second kappa shape index (κ2) is 8.60. The van der Waals surface area contributed by atoms with Crippen LogP contribution >= 0.6 is 0 Å². The summed E-state index contributed by atoms with van der Waals surface area (Å²) in [5.41, 5.74) is 0. The number of para-hydroxylation sites is 1. The number of hydrogen-bond acceptors (Lipinski definition) is 9. The molecule has 14 heteroatoms. The Kier molecular flexibility index (Phi) is 6.45. The zero-order chi connectivity index (χ0) is 20.9. The van der Waals surface area contributed by atoms with Gasteiger partial charge >= 0.3 is 24.7 Å². The van der Waals surface area contributed by atoms with Gasteiger partial charge in [-0.15, -0.1) is 4.98 Å². The van der Waals surface area contributed by atoms with Crippen molar-refractivity contribution in [1.29, 1.82) is 0 Å². The van der Waals surface area contributed by atoms with Crippen LogP contribution < -0.4 is 23.8 Å². The number of hydrogen-bond donors (Lipinski definition) is 1. The lowest BCUT2D eigenvalue weighted by molar-refractivity contribution is -0.0517. The van der Waals surface area contributed by atoms with Gasteiger partial charge in [-0.05, 0) is 12.1 Å². The second-order valence-corrected chi connectivity index (χ2v) is 6.55. The Bertz CT molecular complexity index is 937. The Labute approximate surface area is 158 Å². The van der Waals surface area contributed by atoms with Gasteiger partial charge in [-0.1, -0.05) is 12.1 Å². The van der Waals surface area contributed by atoms with Crippen LogP contribution in [0.5, 0.6) is 17.8 Å². The van der Waals surface area contributed by atoms with Crippen LogP contribution in [0.25, 0.3) is 0 Å². The number of carbonyl (C=O) groups excluding carboxylic acids is 1. The molecule has 0 aliphatic heterocycles. The first kappa shape index (κ1) is 21.0. The number of aromatic nitrogens is 3.